The second-order valence-corrected chi connectivity index (χ2v) is 6.55. The third-order valence-electron chi connectivity index (χ3n) is 4.87. The predicted octanol–water partition coefficient (Wildman–Crippen LogP) is 3.62. The van der Waals surface area contributed by atoms with Crippen LogP contribution in [-0.4, -0.2) is 34.4 Å². The zero-order chi connectivity index (χ0) is 18.1. The molecule has 1 N–H and O–H groups in total. The Morgan fingerprint density at radius 2 is 2.12 bits per heavy atom. The van der Waals surface area contributed by atoms with Crippen molar-refractivity contribution in [3.05, 3.63) is 59.7 Å². The van der Waals surface area contributed by atoms with E-state index < -0.39 is 0 Å². The van der Waals surface area contributed by atoms with E-state index in [4.69, 9.17) is 4.74 Å². The zero-order valence-corrected chi connectivity index (χ0v) is 14.5. The molecule has 3 aromatic rings. The first kappa shape index (κ1) is 16.6. The normalized spacial score (nSPS) is 17.0. The molecule has 1 aliphatic rings. The van der Waals surface area contributed by atoms with Gasteiger partial charge in [-0.2, -0.15) is 0 Å². The van der Waals surface area contributed by atoms with E-state index in [1.807, 2.05) is 29.2 Å². The molecule has 5 nitrogen and oxygen atoms in total. The minimum absolute atomic E-state index is 0.0734. The smallest absolute Gasteiger partial charge is 0.227 e. The average molecular weight is 353 g/mol. The number of nitrogens with zero attached hydrogens (tertiary/aromatic N) is 2. The molecule has 6 heteroatoms. The van der Waals surface area contributed by atoms with E-state index in [-0.39, 0.29) is 17.8 Å². The number of rotatable bonds is 4. The van der Waals surface area contributed by atoms with Gasteiger partial charge in [-0.05, 0) is 48.7 Å². The number of methoxy groups -OCH3 is 1. The highest BCUT2D eigenvalue weighted by Crippen LogP contribution is 2.32. The number of fused-ring (bicyclic) bond motifs is 1. The van der Waals surface area contributed by atoms with Gasteiger partial charge < -0.3 is 14.6 Å². The third-order valence-corrected chi connectivity index (χ3v) is 4.87. The summed E-state index contributed by atoms with van der Waals surface area (Å²) in [4.78, 5) is 22.4. The van der Waals surface area contributed by atoms with Gasteiger partial charge in [0.2, 0.25) is 5.91 Å². The lowest BCUT2D eigenvalue weighted by atomic mass is 10.1. The molecule has 134 valence electrons. The molecule has 2 heterocycles. The Balaban J connectivity index is 1.53. The molecule has 0 saturated carbocycles. The Morgan fingerprint density at radius 1 is 1.31 bits per heavy atom. The number of nitrogens with one attached hydrogen (secondary N) is 1. The molecule has 4 rings (SSSR count). The number of benzene rings is 2. The van der Waals surface area contributed by atoms with Gasteiger partial charge >= 0.3 is 0 Å². The molecule has 1 saturated heterocycles. The first-order valence-electron chi connectivity index (χ1n) is 8.71. The summed E-state index contributed by atoms with van der Waals surface area (Å²) >= 11 is 0. The molecular weight excluding hydrogens is 333 g/mol. The van der Waals surface area contributed by atoms with Crippen LogP contribution in [0.3, 0.4) is 0 Å². The molecule has 0 aliphatic carbocycles. The number of hydrogen-bond acceptors (Lipinski definition) is 3. The van der Waals surface area contributed by atoms with Crippen molar-refractivity contribution < 1.29 is 13.9 Å². The fraction of sp³-hybridized carbons (Fsp3) is 0.300. The number of likely N-dealkylation sites (tertiary alicyclic amines) is 1. The lowest BCUT2D eigenvalue weighted by molar-refractivity contribution is -0.131. The summed E-state index contributed by atoms with van der Waals surface area (Å²) in [7, 11) is 1.62. The number of ether oxygens (including phenoxy) is 1. The Morgan fingerprint density at radius 3 is 2.88 bits per heavy atom. The van der Waals surface area contributed by atoms with Crippen molar-refractivity contribution in [3.8, 4) is 5.75 Å². The van der Waals surface area contributed by atoms with Crippen LogP contribution in [0.5, 0.6) is 5.75 Å². The average Bonchev–Trinajstić information content (AvgIpc) is 3.28. The van der Waals surface area contributed by atoms with Crippen molar-refractivity contribution >= 4 is 16.9 Å². The standard InChI is InChI=1S/C20H20FN3O2/c1-26-15-7-4-13(5-8-15)11-19(25)24-10-2-3-18(24)20-22-16-9-6-14(21)12-17(16)23-20/h4-9,12,18H,2-3,10-11H2,1H3,(H,22,23). The van der Waals surface area contributed by atoms with Gasteiger partial charge in [-0.3, -0.25) is 4.79 Å². The maximum atomic E-state index is 13.4. The molecule has 1 aliphatic heterocycles. The first-order chi connectivity index (χ1) is 12.6. The van der Waals surface area contributed by atoms with Crippen LogP contribution in [0.4, 0.5) is 4.39 Å². The fourth-order valence-electron chi connectivity index (χ4n) is 3.53. The second-order valence-electron chi connectivity index (χ2n) is 6.55. The molecule has 26 heavy (non-hydrogen) atoms. The van der Waals surface area contributed by atoms with Gasteiger partial charge in [0.25, 0.3) is 0 Å². The molecule has 1 amide bonds. The van der Waals surface area contributed by atoms with Gasteiger partial charge in [-0.25, -0.2) is 9.37 Å². The summed E-state index contributed by atoms with van der Waals surface area (Å²) < 4.78 is 18.6. The lowest BCUT2D eigenvalue weighted by Gasteiger charge is -2.23. The highest BCUT2D eigenvalue weighted by Gasteiger charge is 2.32. The van der Waals surface area contributed by atoms with Crippen LogP contribution in [0.25, 0.3) is 11.0 Å². The fourth-order valence-corrected chi connectivity index (χ4v) is 3.53. The number of imidazole rings is 1. The summed E-state index contributed by atoms with van der Waals surface area (Å²) in [5.74, 6) is 1.27. The van der Waals surface area contributed by atoms with Crippen molar-refractivity contribution in [2.75, 3.05) is 13.7 Å². The van der Waals surface area contributed by atoms with E-state index in [9.17, 15) is 9.18 Å². The van der Waals surface area contributed by atoms with Crippen LogP contribution in [0.2, 0.25) is 0 Å². The molecule has 0 spiro atoms. The van der Waals surface area contributed by atoms with E-state index in [0.29, 0.717) is 18.5 Å². The van der Waals surface area contributed by atoms with Gasteiger partial charge in [0.15, 0.2) is 0 Å². The molecular formula is C20H20FN3O2. The second kappa shape index (κ2) is 6.78. The largest absolute Gasteiger partial charge is 0.497 e. The molecule has 1 aromatic heterocycles. The quantitative estimate of drug-likeness (QED) is 0.779. The number of amides is 1. The number of hydrogen-bond donors (Lipinski definition) is 1. The van der Waals surface area contributed by atoms with E-state index in [1.54, 1.807) is 13.2 Å². The minimum Gasteiger partial charge on any atom is -0.497 e. The Hall–Kier alpha value is -2.89. The van der Waals surface area contributed by atoms with Gasteiger partial charge in [0, 0.05) is 6.54 Å². The highest BCUT2D eigenvalue weighted by molar-refractivity contribution is 5.80. The van der Waals surface area contributed by atoms with Crippen LogP contribution >= 0.6 is 0 Å². The molecule has 1 fully saturated rings. The number of H-pyrrole nitrogens is 1. The van der Waals surface area contributed by atoms with Crippen LogP contribution in [0.1, 0.15) is 30.3 Å². The maximum absolute atomic E-state index is 13.4. The van der Waals surface area contributed by atoms with Gasteiger partial charge in [-0.15, -0.1) is 0 Å². The van der Waals surface area contributed by atoms with Crippen molar-refractivity contribution in [2.24, 2.45) is 0 Å². The van der Waals surface area contributed by atoms with E-state index in [1.165, 1.54) is 12.1 Å². The maximum Gasteiger partial charge on any atom is 0.227 e. The summed E-state index contributed by atoms with van der Waals surface area (Å²) in [6, 6.07) is 11.9. The number of aromatic nitrogens is 2. The topological polar surface area (TPSA) is 58.2 Å². The molecule has 0 radical (unpaired) electrons. The highest BCUT2D eigenvalue weighted by atomic mass is 19.1. The minimum atomic E-state index is -0.299. The zero-order valence-electron chi connectivity index (χ0n) is 14.5. The summed E-state index contributed by atoms with van der Waals surface area (Å²) in [6.07, 6.45) is 2.14. The van der Waals surface area contributed by atoms with Crippen molar-refractivity contribution in [1.82, 2.24) is 14.9 Å². The Labute approximate surface area is 150 Å². The third kappa shape index (κ3) is 3.14. The monoisotopic (exact) mass is 353 g/mol. The van der Waals surface area contributed by atoms with Crippen LogP contribution in [-0.2, 0) is 11.2 Å². The van der Waals surface area contributed by atoms with E-state index in [0.717, 1.165) is 35.5 Å². The molecule has 0 bridgehead atoms. The Kier molecular flexibility index (Phi) is 4.32. The number of carbonyl (C=O) groups is 1. The number of halogens is 1. The van der Waals surface area contributed by atoms with Crippen molar-refractivity contribution in [2.45, 2.75) is 25.3 Å². The SMILES string of the molecule is COc1ccc(CC(=O)N2CCCC2c2nc3ccc(F)cc3[nH]2)cc1. The van der Waals surface area contributed by atoms with E-state index >= 15 is 0 Å². The summed E-state index contributed by atoms with van der Waals surface area (Å²) in [6.45, 7) is 0.713. The van der Waals surface area contributed by atoms with Crippen molar-refractivity contribution in [3.63, 3.8) is 0 Å². The predicted molar refractivity (Wildman–Crippen MR) is 96.4 cm³/mol. The lowest BCUT2D eigenvalue weighted by Crippen LogP contribution is -2.32. The van der Waals surface area contributed by atoms with Crippen LogP contribution in [0.15, 0.2) is 42.5 Å². The van der Waals surface area contributed by atoms with Crippen molar-refractivity contribution in [1.29, 1.82) is 0 Å². The van der Waals surface area contributed by atoms with Gasteiger partial charge in [0.1, 0.15) is 17.4 Å². The van der Waals surface area contributed by atoms with Gasteiger partial charge in [0.05, 0.1) is 30.6 Å². The van der Waals surface area contributed by atoms with Crippen LogP contribution < -0.4 is 4.74 Å². The molecule has 1 atom stereocenters. The van der Waals surface area contributed by atoms with Crippen LogP contribution in [0, 0.1) is 5.82 Å². The first-order valence-corrected chi connectivity index (χ1v) is 8.71. The summed E-state index contributed by atoms with van der Waals surface area (Å²) in [5.41, 5.74) is 2.33. The number of aromatic amines is 1. The summed E-state index contributed by atoms with van der Waals surface area (Å²) in [5, 5.41) is 0. The Bertz CT molecular complexity index is 936. The molecule has 2 aromatic carbocycles. The van der Waals surface area contributed by atoms with E-state index in [2.05, 4.69) is 9.97 Å². The number of carbonyl (C=O) groups excluding carboxylic acids is 1. The molecule has 1 unspecified atom stereocenters. The van der Waals surface area contributed by atoms with Gasteiger partial charge in [-0.1, -0.05) is 12.1 Å².